The second kappa shape index (κ2) is 4.92. The summed E-state index contributed by atoms with van der Waals surface area (Å²) in [4.78, 5) is 15.3. The van der Waals surface area contributed by atoms with Gasteiger partial charge in [-0.05, 0) is 19.1 Å². The fourth-order valence-electron chi connectivity index (χ4n) is 0.807. The summed E-state index contributed by atoms with van der Waals surface area (Å²) in [5.74, 6) is -0.498. The van der Waals surface area contributed by atoms with Crippen LogP contribution in [0.1, 0.15) is 6.92 Å². The molecular formula is C9H10BrClN2O2. The van der Waals surface area contributed by atoms with Crippen LogP contribution in [0, 0.1) is 0 Å². The van der Waals surface area contributed by atoms with E-state index in [4.69, 9.17) is 11.6 Å². The SMILES string of the molecule is CC(O)(CBr)C(=O)Nc1ccnc(Cl)c1. The highest BCUT2D eigenvalue weighted by Gasteiger charge is 2.28. The molecule has 0 fully saturated rings. The number of hydrogen-bond acceptors (Lipinski definition) is 3. The molecule has 0 saturated carbocycles. The fraction of sp³-hybridized carbons (Fsp3) is 0.333. The zero-order valence-electron chi connectivity index (χ0n) is 8.00. The van der Waals surface area contributed by atoms with Gasteiger partial charge in [0.1, 0.15) is 10.8 Å². The highest BCUT2D eigenvalue weighted by atomic mass is 79.9. The van der Waals surface area contributed by atoms with E-state index in [2.05, 4.69) is 26.2 Å². The van der Waals surface area contributed by atoms with E-state index in [9.17, 15) is 9.90 Å². The van der Waals surface area contributed by atoms with Crippen LogP contribution in [0.2, 0.25) is 5.15 Å². The van der Waals surface area contributed by atoms with Gasteiger partial charge in [0.2, 0.25) is 0 Å². The first-order valence-corrected chi connectivity index (χ1v) is 5.67. The number of halogens is 2. The second-order valence-corrected chi connectivity index (χ2v) is 4.18. The molecule has 1 atom stereocenters. The molecule has 15 heavy (non-hydrogen) atoms. The van der Waals surface area contributed by atoms with E-state index >= 15 is 0 Å². The number of carbonyl (C=O) groups excluding carboxylic acids is 1. The van der Waals surface area contributed by atoms with Crippen LogP contribution in [0.25, 0.3) is 0 Å². The molecule has 0 aliphatic rings. The van der Waals surface area contributed by atoms with Gasteiger partial charge in [0.25, 0.3) is 5.91 Å². The van der Waals surface area contributed by atoms with Gasteiger partial charge in [-0.2, -0.15) is 0 Å². The van der Waals surface area contributed by atoms with E-state index < -0.39 is 11.5 Å². The molecule has 1 aromatic heterocycles. The molecule has 4 nitrogen and oxygen atoms in total. The molecule has 2 N–H and O–H groups in total. The lowest BCUT2D eigenvalue weighted by molar-refractivity contribution is -0.130. The summed E-state index contributed by atoms with van der Waals surface area (Å²) >= 11 is 8.69. The average Bonchev–Trinajstić information content (AvgIpc) is 2.17. The van der Waals surface area contributed by atoms with E-state index in [0.717, 1.165) is 0 Å². The van der Waals surface area contributed by atoms with E-state index in [1.165, 1.54) is 19.2 Å². The maximum Gasteiger partial charge on any atom is 0.256 e. The number of amides is 1. The Kier molecular flexibility index (Phi) is 4.07. The Balaban J connectivity index is 2.75. The van der Waals surface area contributed by atoms with Crippen LogP contribution in [0.4, 0.5) is 5.69 Å². The van der Waals surface area contributed by atoms with Gasteiger partial charge in [-0.3, -0.25) is 4.79 Å². The summed E-state index contributed by atoms with van der Waals surface area (Å²) < 4.78 is 0. The fourth-order valence-corrected chi connectivity index (χ4v) is 1.24. The number of rotatable bonds is 3. The van der Waals surface area contributed by atoms with Crippen molar-refractivity contribution in [3.05, 3.63) is 23.5 Å². The van der Waals surface area contributed by atoms with Crippen molar-refractivity contribution in [2.75, 3.05) is 10.6 Å². The summed E-state index contributed by atoms with van der Waals surface area (Å²) in [6.07, 6.45) is 1.47. The third-order valence-corrected chi connectivity index (χ3v) is 3.03. The average molecular weight is 294 g/mol. The molecule has 1 amide bonds. The predicted octanol–water partition coefficient (Wildman–Crippen LogP) is 1.82. The number of hydrogen-bond donors (Lipinski definition) is 2. The Morgan fingerprint density at radius 1 is 1.80 bits per heavy atom. The van der Waals surface area contributed by atoms with Crippen LogP contribution in [0.15, 0.2) is 18.3 Å². The monoisotopic (exact) mass is 292 g/mol. The largest absolute Gasteiger partial charge is 0.379 e. The predicted molar refractivity (Wildman–Crippen MR) is 62.3 cm³/mol. The third kappa shape index (κ3) is 3.44. The van der Waals surface area contributed by atoms with Crippen molar-refractivity contribution in [1.82, 2.24) is 4.98 Å². The van der Waals surface area contributed by atoms with Crippen LogP contribution < -0.4 is 5.32 Å². The van der Waals surface area contributed by atoms with Gasteiger partial charge in [-0.25, -0.2) is 4.98 Å². The summed E-state index contributed by atoms with van der Waals surface area (Å²) in [5.41, 5.74) is -0.948. The molecule has 0 saturated heterocycles. The zero-order valence-corrected chi connectivity index (χ0v) is 10.3. The molecule has 1 unspecified atom stereocenters. The molecule has 1 heterocycles. The van der Waals surface area contributed by atoms with Crippen LogP contribution in [-0.2, 0) is 4.79 Å². The molecule has 1 rings (SSSR count). The molecule has 0 spiro atoms. The lowest BCUT2D eigenvalue weighted by atomic mass is 10.1. The van der Waals surface area contributed by atoms with Gasteiger partial charge in [0.15, 0.2) is 0 Å². The summed E-state index contributed by atoms with van der Waals surface area (Å²) in [7, 11) is 0. The maximum atomic E-state index is 11.5. The number of aromatic nitrogens is 1. The molecule has 0 aliphatic carbocycles. The Labute approximate surface area is 101 Å². The summed E-state index contributed by atoms with van der Waals surface area (Å²) in [6.45, 7) is 1.42. The lowest BCUT2D eigenvalue weighted by Crippen LogP contribution is -2.41. The van der Waals surface area contributed by atoms with Gasteiger partial charge in [-0.1, -0.05) is 27.5 Å². The van der Waals surface area contributed by atoms with Gasteiger partial charge >= 0.3 is 0 Å². The molecule has 6 heteroatoms. The summed E-state index contributed by atoms with van der Waals surface area (Å²) in [5, 5.41) is 12.6. The number of carbonyl (C=O) groups is 1. The van der Waals surface area contributed by atoms with Crippen molar-refractivity contribution < 1.29 is 9.90 Å². The molecule has 0 aliphatic heterocycles. The number of alkyl halides is 1. The lowest BCUT2D eigenvalue weighted by Gasteiger charge is -2.19. The zero-order chi connectivity index (χ0) is 11.5. The van der Waals surface area contributed by atoms with E-state index in [-0.39, 0.29) is 10.5 Å². The van der Waals surface area contributed by atoms with Gasteiger partial charge in [0.05, 0.1) is 0 Å². The quantitative estimate of drug-likeness (QED) is 0.660. The molecule has 0 radical (unpaired) electrons. The Bertz CT molecular complexity index is 371. The molecule has 0 bridgehead atoms. The van der Waals surface area contributed by atoms with E-state index in [1.807, 2.05) is 0 Å². The number of aliphatic hydroxyl groups is 1. The minimum absolute atomic E-state index is 0.157. The minimum Gasteiger partial charge on any atom is -0.379 e. The molecule has 82 valence electrons. The normalized spacial score (nSPS) is 14.4. The molecular weight excluding hydrogens is 283 g/mol. The highest BCUT2D eigenvalue weighted by molar-refractivity contribution is 9.09. The minimum atomic E-state index is -1.45. The first-order valence-electron chi connectivity index (χ1n) is 4.17. The smallest absolute Gasteiger partial charge is 0.256 e. The number of nitrogens with zero attached hydrogens (tertiary/aromatic N) is 1. The van der Waals surface area contributed by atoms with Crippen LogP contribution in [-0.4, -0.2) is 26.9 Å². The maximum absolute atomic E-state index is 11.5. The van der Waals surface area contributed by atoms with Crippen LogP contribution >= 0.6 is 27.5 Å². The van der Waals surface area contributed by atoms with E-state index in [1.54, 1.807) is 6.07 Å². The number of nitrogens with one attached hydrogen (secondary N) is 1. The van der Waals surface area contributed by atoms with Crippen molar-refractivity contribution in [2.24, 2.45) is 0 Å². The Morgan fingerprint density at radius 3 is 3.00 bits per heavy atom. The molecule has 1 aromatic rings. The van der Waals surface area contributed by atoms with Crippen molar-refractivity contribution in [1.29, 1.82) is 0 Å². The van der Waals surface area contributed by atoms with Gasteiger partial charge < -0.3 is 10.4 Å². The Hall–Kier alpha value is -0.650. The van der Waals surface area contributed by atoms with Gasteiger partial charge in [-0.15, -0.1) is 0 Å². The van der Waals surface area contributed by atoms with Crippen molar-refractivity contribution in [2.45, 2.75) is 12.5 Å². The van der Waals surface area contributed by atoms with Gasteiger partial charge in [0, 0.05) is 17.2 Å². The Morgan fingerprint density at radius 2 is 2.47 bits per heavy atom. The number of pyridine rings is 1. The first-order chi connectivity index (χ1) is 6.95. The van der Waals surface area contributed by atoms with E-state index in [0.29, 0.717) is 5.69 Å². The first kappa shape index (κ1) is 12.4. The summed E-state index contributed by atoms with van der Waals surface area (Å²) in [6, 6.07) is 3.10. The number of anilines is 1. The third-order valence-electron chi connectivity index (χ3n) is 1.73. The standard InChI is InChI=1S/C9H10BrClN2O2/c1-9(15,5-10)8(14)13-6-2-3-12-7(11)4-6/h2-4,15H,5H2,1H3,(H,12,13,14). The van der Waals surface area contributed by atoms with Crippen LogP contribution in [0.5, 0.6) is 0 Å². The van der Waals surface area contributed by atoms with Crippen molar-refractivity contribution in [3.63, 3.8) is 0 Å². The second-order valence-electron chi connectivity index (χ2n) is 3.23. The van der Waals surface area contributed by atoms with Crippen LogP contribution in [0.3, 0.4) is 0 Å². The van der Waals surface area contributed by atoms with Crippen molar-refractivity contribution in [3.8, 4) is 0 Å². The highest BCUT2D eigenvalue weighted by Crippen LogP contribution is 2.15. The van der Waals surface area contributed by atoms with Crippen molar-refractivity contribution >= 4 is 39.1 Å². The topological polar surface area (TPSA) is 62.2 Å². The molecule has 0 aromatic carbocycles.